The van der Waals surface area contributed by atoms with Crippen LogP contribution in [0.1, 0.15) is 43.6 Å². The SMILES string of the molecule is CS(=O)(=O)N[C@H]1CCN(c2ncccc2F)C[C@H]1CO[C@H]1CC[C@@H](c2ccccc2)CC1. The fourth-order valence-corrected chi connectivity index (χ4v) is 5.84. The topological polar surface area (TPSA) is 71.5 Å². The summed E-state index contributed by atoms with van der Waals surface area (Å²) >= 11 is 0. The van der Waals surface area contributed by atoms with Crippen LogP contribution in [0.5, 0.6) is 0 Å². The first-order chi connectivity index (χ1) is 15.4. The number of hydrogen-bond acceptors (Lipinski definition) is 5. The monoisotopic (exact) mass is 461 g/mol. The molecule has 1 aromatic heterocycles. The number of benzene rings is 1. The van der Waals surface area contributed by atoms with Gasteiger partial charge in [0, 0.05) is 31.2 Å². The molecule has 2 aromatic rings. The normalized spacial score (nSPS) is 26.8. The molecular weight excluding hydrogens is 429 g/mol. The number of ether oxygens (including phenoxy) is 1. The quantitative estimate of drug-likeness (QED) is 0.681. The summed E-state index contributed by atoms with van der Waals surface area (Å²) in [5, 5.41) is 0. The van der Waals surface area contributed by atoms with Crippen molar-refractivity contribution in [2.45, 2.75) is 50.2 Å². The van der Waals surface area contributed by atoms with Crippen molar-refractivity contribution in [1.29, 1.82) is 0 Å². The van der Waals surface area contributed by atoms with Gasteiger partial charge in [0.05, 0.1) is 19.0 Å². The van der Waals surface area contributed by atoms with E-state index >= 15 is 0 Å². The predicted octanol–water partition coefficient (Wildman–Crippen LogP) is 3.71. The highest BCUT2D eigenvalue weighted by Gasteiger charge is 2.34. The molecule has 4 rings (SSSR count). The van der Waals surface area contributed by atoms with Crippen LogP contribution in [0.2, 0.25) is 0 Å². The molecule has 174 valence electrons. The van der Waals surface area contributed by atoms with E-state index in [-0.39, 0.29) is 23.9 Å². The molecule has 2 heterocycles. The summed E-state index contributed by atoms with van der Waals surface area (Å²) in [4.78, 5) is 6.09. The van der Waals surface area contributed by atoms with Crippen LogP contribution in [-0.4, -0.2) is 51.5 Å². The average molecular weight is 462 g/mol. The molecule has 6 nitrogen and oxygen atoms in total. The number of pyridine rings is 1. The van der Waals surface area contributed by atoms with E-state index in [0.29, 0.717) is 37.9 Å². The molecule has 0 bridgehead atoms. The second-order valence-electron chi connectivity index (χ2n) is 9.02. The van der Waals surface area contributed by atoms with Gasteiger partial charge in [0.25, 0.3) is 0 Å². The summed E-state index contributed by atoms with van der Waals surface area (Å²) < 4.78 is 47.1. The lowest BCUT2D eigenvalue weighted by atomic mass is 9.82. The van der Waals surface area contributed by atoms with Crippen molar-refractivity contribution in [3.8, 4) is 0 Å². The van der Waals surface area contributed by atoms with Crippen LogP contribution in [0.3, 0.4) is 0 Å². The molecule has 1 aliphatic heterocycles. The van der Waals surface area contributed by atoms with Crippen molar-refractivity contribution >= 4 is 15.8 Å². The smallest absolute Gasteiger partial charge is 0.208 e. The number of halogens is 1. The standard InChI is InChI=1S/C24H32FN3O3S/c1-32(29,30)27-23-13-15-28(24-22(25)8-5-14-26-24)16-20(23)17-31-21-11-9-19(10-12-21)18-6-3-2-4-7-18/h2-8,14,19-21,23,27H,9-13,15-17H2,1H3/t19-,20-,21+,23-/m0/s1. The van der Waals surface area contributed by atoms with E-state index in [0.717, 1.165) is 25.7 Å². The highest BCUT2D eigenvalue weighted by molar-refractivity contribution is 7.88. The first-order valence-electron chi connectivity index (χ1n) is 11.4. The molecule has 1 aromatic carbocycles. The number of nitrogens with zero attached hydrogens (tertiary/aromatic N) is 2. The molecule has 0 unspecified atom stereocenters. The summed E-state index contributed by atoms with van der Waals surface area (Å²) in [6.45, 7) is 1.49. The third kappa shape index (κ3) is 6.05. The summed E-state index contributed by atoms with van der Waals surface area (Å²) in [5.74, 6) is 0.458. The molecule has 1 aliphatic carbocycles. The first kappa shape index (κ1) is 23.1. The van der Waals surface area contributed by atoms with Crippen LogP contribution in [0.25, 0.3) is 0 Å². The maximum Gasteiger partial charge on any atom is 0.208 e. The Morgan fingerprint density at radius 1 is 1.09 bits per heavy atom. The van der Waals surface area contributed by atoms with Gasteiger partial charge in [-0.2, -0.15) is 0 Å². The van der Waals surface area contributed by atoms with Gasteiger partial charge >= 0.3 is 0 Å². The summed E-state index contributed by atoms with van der Waals surface area (Å²) in [6, 6.07) is 13.4. The lowest BCUT2D eigenvalue weighted by molar-refractivity contribution is -0.00217. The number of anilines is 1. The van der Waals surface area contributed by atoms with Gasteiger partial charge in [0.1, 0.15) is 0 Å². The van der Waals surface area contributed by atoms with Crippen molar-refractivity contribution in [1.82, 2.24) is 9.71 Å². The van der Waals surface area contributed by atoms with E-state index in [9.17, 15) is 12.8 Å². The molecule has 1 N–H and O–H groups in total. The Hall–Kier alpha value is -2.03. The van der Waals surface area contributed by atoms with Gasteiger partial charge in [-0.15, -0.1) is 0 Å². The van der Waals surface area contributed by atoms with E-state index in [4.69, 9.17) is 4.74 Å². The summed E-state index contributed by atoms with van der Waals surface area (Å²) in [5.41, 5.74) is 1.39. The van der Waals surface area contributed by atoms with Gasteiger partial charge in [0.2, 0.25) is 10.0 Å². The predicted molar refractivity (Wildman–Crippen MR) is 124 cm³/mol. The minimum absolute atomic E-state index is 0.0771. The zero-order chi connectivity index (χ0) is 22.6. The molecule has 0 radical (unpaired) electrons. The van der Waals surface area contributed by atoms with Crippen molar-refractivity contribution < 1.29 is 17.5 Å². The van der Waals surface area contributed by atoms with Gasteiger partial charge in [-0.05, 0) is 55.7 Å². The fourth-order valence-electron chi connectivity index (χ4n) is 4.98. The molecular formula is C24H32FN3O3S. The van der Waals surface area contributed by atoms with Gasteiger partial charge in [0.15, 0.2) is 11.6 Å². The van der Waals surface area contributed by atoms with Gasteiger partial charge in [-0.25, -0.2) is 22.5 Å². The molecule has 8 heteroatoms. The number of hydrogen-bond donors (Lipinski definition) is 1. The Bertz CT molecular complexity index is 981. The fraction of sp³-hybridized carbons (Fsp3) is 0.542. The van der Waals surface area contributed by atoms with Crippen LogP contribution in [0.15, 0.2) is 48.7 Å². The van der Waals surface area contributed by atoms with E-state index in [1.54, 1.807) is 12.3 Å². The Balaban J connectivity index is 1.36. The first-order valence-corrected chi connectivity index (χ1v) is 13.3. The minimum atomic E-state index is -3.34. The van der Waals surface area contributed by atoms with E-state index in [2.05, 4.69) is 34.0 Å². The third-order valence-corrected chi connectivity index (χ3v) is 7.36. The molecule has 2 fully saturated rings. The maximum absolute atomic E-state index is 14.3. The van der Waals surface area contributed by atoms with Crippen LogP contribution >= 0.6 is 0 Å². The zero-order valence-corrected chi connectivity index (χ0v) is 19.3. The van der Waals surface area contributed by atoms with E-state index in [1.807, 2.05) is 11.0 Å². The summed E-state index contributed by atoms with van der Waals surface area (Å²) in [7, 11) is -3.34. The van der Waals surface area contributed by atoms with Crippen LogP contribution in [-0.2, 0) is 14.8 Å². The number of sulfonamides is 1. The highest BCUT2D eigenvalue weighted by Crippen LogP contribution is 2.34. The maximum atomic E-state index is 14.3. The van der Waals surface area contributed by atoms with Gasteiger partial charge < -0.3 is 9.64 Å². The summed E-state index contributed by atoms with van der Waals surface area (Å²) in [6.07, 6.45) is 7.69. The lowest BCUT2D eigenvalue weighted by Crippen LogP contribution is -2.53. The molecule has 1 saturated heterocycles. The van der Waals surface area contributed by atoms with Crippen LogP contribution in [0, 0.1) is 11.7 Å². The van der Waals surface area contributed by atoms with Crippen molar-refractivity contribution in [2.24, 2.45) is 5.92 Å². The molecule has 2 aliphatic rings. The molecule has 1 saturated carbocycles. The molecule has 0 spiro atoms. The third-order valence-electron chi connectivity index (χ3n) is 6.63. The number of aromatic nitrogens is 1. The highest BCUT2D eigenvalue weighted by atomic mass is 32.2. The molecule has 0 amide bonds. The number of nitrogens with one attached hydrogen (secondary N) is 1. The van der Waals surface area contributed by atoms with Gasteiger partial charge in [-0.1, -0.05) is 30.3 Å². The number of rotatable bonds is 7. The lowest BCUT2D eigenvalue weighted by Gasteiger charge is -2.40. The number of piperidine rings is 1. The van der Waals surface area contributed by atoms with E-state index in [1.165, 1.54) is 17.9 Å². The Kier molecular flexibility index (Phi) is 7.43. The van der Waals surface area contributed by atoms with Gasteiger partial charge in [-0.3, -0.25) is 0 Å². The van der Waals surface area contributed by atoms with Crippen LogP contribution < -0.4 is 9.62 Å². The second kappa shape index (κ2) is 10.3. The zero-order valence-electron chi connectivity index (χ0n) is 18.5. The minimum Gasteiger partial charge on any atom is -0.378 e. The Morgan fingerprint density at radius 2 is 1.84 bits per heavy atom. The van der Waals surface area contributed by atoms with Crippen LogP contribution in [0.4, 0.5) is 10.2 Å². The average Bonchev–Trinajstić information content (AvgIpc) is 2.79. The second-order valence-corrected chi connectivity index (χ2v) is 10.8. The van der Waals surface area contributed by atoms with E-state index < -0.39 is 10.0 Å². The molecule has 32 heavy (non-hydrogen) atoms. The van der Waals surface area contributed by atoms with Crippen molar-refractivity contribution in [2.75, 3.05) is 30.9 Å². The largest absolute Gasteiger partial charge is 0.378 e. The Morgan fingerprint density at radius 3 is 2.53 bits per heavy atom. The Labute approximate surface area is 190 Å². The van der Waals surface area contributed by atoms with Crippen molar-refractivity contribution in [3.63, 3.8) is 0 Å². The van der Waals surface area contributed by atoms with Crippen molar-refractivity contribution in [3.05, 3.63) is 60.0 Å². The molecule has 2 atom stereocenters.